The molecular formula is C6H12N2O2S2. The number of nitrogens with one attached hydrogen (secondary N) is 2. The highest BCUT2D eigenvalue weighted by atomic mass is 32.2. The van der Waals surface area contributed by atoms with Crippen molar-refractivity contribution in [3.8, 4) is 0 Å². The summed E-state index contributed by atoms with van der Waals surface area (Å²) in [6.45, 7) is 0. The zero-order chi connectivity index (χ0) is 9.19. The van der Waals surface area contributed by atoms with Crippen molar-refractivity contribution in [2.24, 2.45) is 0 Å². The van der Waals surface area contributed by atoms with Gasteiger partial charge in [-0.2, -0.15) is 0 Å². The van der Waals surface area contributed by atoms with Crippen molar-refractivity contribution in [3.05, 3.63) is 0 Å². The largest absolute Gasteiger partial charge is 0.366 e. The summed E-state index contributed by atoms with van der Waals surface area (Å²) in [5, 5.41) is 6.18. The summed E-state index contributed by atoms with van der Waals surface area (Å²) in [4.78, 5) is 0. The first kappa shape index (κ1) is 9.73. The zero-order valence-corrected chi connectivity index (χ0v) is 8.46. The zero-order valence-electron chi connectivity index (χ0n) is 6.83. The fourth-order valence-electron chi connectivity index (χ4n) is 1.17. The molecule has 1 rings (SSSR count). The third-order valence-electron chi connectivity index (χ3n) is 1.79. The van der Waals surface area contributed by atoms with Crippen LogP contribution in [0.4, 0.5) is 0 Å². The molecule has 0 amide bonds. The maximum absolute atomic E-state index is 11.0. The Morgan fingerprint density at radius 3 is 2.67 bits per heavy atom. The van der Waals surface area contributed by atoms with Gasteiger partial charge in [-0.3, -0.25) is 0 Å². The fourth-order valence-corrected chi connectivity index (χ4v) is 3.01. The van der Waals surface area contributed by atoms with Gasteiger partial charge in [-0.05, 0) is 18.6 Å². The van der Waals surface area contributed by atoms with Crippen LogP contribution in [0.5, 0.6) is 0 Å². The molecule has 0 aromatic heterocycles. The Hall–Kier alpha value is -0.360. The molecule has 0 unspecified atom stereocenters. The van der Waals surface area contributed by atoms with Crippen molar-refractivity contribution >= 4 is 27.2 Å². The van der Waals surface area contributed by atoms with Crippen molar-refractivity contribution in [2.45, 2.75) is 12.5 Å². The molecule has 1 fully saturated rings. The molecule has 1 aliphatic heterocycles. The Bertz CT molecular complexity index is 273. The maximum atomic E-state index is 11.0. The first-order chi connectivity index (χ1) is 5.53. The van der Waals surface area contributed by atoms with Gasteiger partial charge in [-0.1, -0.05) is 0 Å². The van der Waals surface area contributed by atoms with E-state index in [1.165, 1.54) is 0 Å². The van der Waals surface area contributed by atoms with Crippen molar-refractivity contribution in [3.63, 3.8) is 0 Å². The third-order valence-corrected chi connectivity index (χ3v) is 3.88. The van der Waals surface area contributed by atoms with Gasteiger partial charge in [-0.25, -0.2) is 8.42 Å². The van der Waals surface area contributed by atoms with Gasteiger partial charge in [0.1, 0.15) is 0 Å². The van der Waals surface area contributed by atoms with Crippen LogP contribution in [0.1, 0.15) is 6.42 Å². The van der Waals surface area contributed by atoms with Gasteiger partial charge in [0.05, 0.1) is 11.5 Å². The minimum Gasteiger partial charge on any atom is -0.366 e. The van der Waals surface area contributed by atoms with Gasteiger partial charge in [0.2, 0.25) is 0 Å². The molecule has 6 heteroatoms. The molecule has 1 aliphatic rings. The first-order valence-electron chi connectivity index (χ1n) is 3.72. The Balaban J connectivity index is 2.43. The van der Waals surface area contributed by atoms with E-state index in [0.29, 0.717) is 11.5 Å². The summed E-state index contributed by atoms with van der Waals surface area (Å²) < 4.78 is 22.0. The number of hydrogen-bond acceptors (Lipinski definition) is 3. The molecule has 1 atom stereocenters. The summed E-state index contributed by atoms with van der Waals surface area (Å²) in [5.41, 5.74) is 0. The molecule has 1 saturated heterocycles. The van der Waals surface area contributed by atoms with Crippen molar-refractivity contribution in [2.75, 3.05) is 18.6 Å². The molecule has 70 valence electrons. The highest BCUT2D eigenvalue weighted by Gasteiger charge is 2.27. The molecule has 1 heterocycles. The van der Waals surface area contributed by atoms with Gasteiger partial charge < -0.3 is 10.6 Å². The number of rotatable bonds is 1. The van der Waals surface area contributed by atoms with E-state index in [0.717, 1.165) is 0 Å². The van der Waals surface area contributed by atoms with Gasteiger partial charge in [-0.15, -0.1) is 0 Å². The minimum atomic E-state index is -2.80. The normalized spacial score (nSPS) is 26.6. The summed E-state index contributed by atoms with van der Waals surface area (Å²) in [6, 6.07) is -0.00468. The summed E-state index contributed by atoms with van der Waals surface area (Å²) in [5.74, 6) is 0.478. The lowest BCUT2D eigenvalue weighted by Crippen LogP contribution is -2.40. The van der Waals surface area contributed by atoms with Crippen LogP contribution in [0.2, 0.25) is 0 Å². The summed E-state index contributed by atoms with van der Waals surface area (Å²) in [6.07, 6.45) is 0.657. The molecule has 2 N–H and O–H groups in total. The SMILES string of the molecule is CNC(=S)N[C@H]1CCS(=O)(=O)C1. The summed E-state index contributed by atoms with van der Waals surface area (Å²) in [7, 11) is -1.09. The van der Waals surface area contributed by atoms with Crippen molar-refractivity contribution < 1.29 is 8.42 Å². The average molecular weight is 208 g/mol. The lowest BCUT2D eigenvalue weighted by Gasteiger charge is -2.11. The molecule has 4 nitrogen and oxygen atoms in total. The van der Waals surface area contributed by atoms with E-state index in [-0.39, 0.29) is 17.5 Å². The van der Waals surface area contributed by atoms with Crippen molar-refractivity contribution in [1.82, 2.24) is 10.6 Å². The third kappa shape index (κ3) is 2.60. The van der Waals surface area contributed by atoms with E-state index in [1.54, 1.807) is 7.05 Å². The van der Waals surface area contributed by atoms with Crippen LogP contribution in [-0.4, -0.2) is 38.1 Å². The fraction of sp³-hybridized carbons (Fsp3) is 0.833. The standard InChI is InChI=1S/C6H12N2O2S2/c1-7-6(11)8-5-2-3-12(9,10)4-5/h5H,2-4H2,1H3,(H2,7,8,11)/t5-/m0/s1. The number of thiocarbonyl (C=S) groups is 1. The molecule has 0 aromatic rings. The van der Waals surface area contributed by atoms with Crippen LogP contribution in [-0.2, 0) is 9.84 Å². The summed E-state index contributed by atoms with van der Waals surface area (Å²) >= 11 is 4.85. The Kier molecular flexibility index (Phi) is 2.89. The lowest BCUT2D eigenvalue weighted by molar-refractivity contribution is 0.600. The second-order valence-electron chi connectivity index (χ2n) is 2.82. The van der Waals surface area contributed by atoms with E-state index in [9.17, 15) is 8.42 Å². The molecular weight excluding hydrogens is 196 g/mol. The lowest BCUT2D eigenvalue weighted by atomic mass is 10.3. The molecule has 0 saturated carbocycles. The van der Waals surface area contributed by atoms with Gasteiger partial charge in [0.25, 0.3) is 0 Å². The van der Waals surface area contributed by atoms with Gasteiger partial charge in [0, 0.05) is 13.1 Å². The monoisotopic (exact) mass is 208 g/mol. The van der Waals surface area contributed by atoms with E-state index in [1.807, 2.05) is 0 Å². The smallest absolute Gasteiger partial charge is 0.166 e. The highest BCUT2D eigenvalue weighted by Crippen LogP contribution is 2.10. The van der Waals surface area contributed by atoms with Crippen molar-refractivity contribution in [1.29, 1.82) is 0 Å². The second-order valence-corrected chi connectivity index (χ2v) is 5.46. The predicted molar refractivity (Wildman–Crippen MR) is 51.9 cm³/mol. The first-order valence-corrected chi connectivity index (χ1v) is 5.95. The topological polar surface area (TPSA) is 58.2 Å². The van der Waals surface area contributed by atoms with Crippen LogP contribution >= 0.6 is 12.2 Å². The van der Waals surface area contributed by atoms with Gasteiger partial charge >= 0.3 is 0 Å². The van der Waals surface area contributed by atoms with Crippen LogP contribution in [0.25, 0.3) is 0 Å². The van der Waals surface area contributed by atoms with E-state index in [2.05, 4.69) is 10.6 Å². The van der Waals surface area contributed by atoms with Gasteiger partial charge in [0.15, 0.2) is 14.9 Å². The second kappa shape index (κ2) is 3.57. The predicted octanol–water partition coefficient (Wildman–Crippen LogP) is -0.733. The van der Waals surface area contributed by atoms with Crippen LogP contribution in [0, 0.1) is 0 Å². The van der Waals surface area contributed by atoms with Crippen LogP contribution in [0.3, 0.4) is 0 Å². The molecule has 0 bridgehead atoms. The Morgan fingerprint density at radius 2 is 2.25 bits per heavy atom. The number of hydrogen-bond donors (Lipinski definition) is 2. The molecule has 0 aliphatic carbocycles. The van der Waals surface area contributed by atoms with Crippen LogP contribution in [0.15, 0.2) is 0 Å². The minimum absolute atomic E-state index is 0.00468. The molecule has 0 radical (unpaired) electrons. The number of sulfone groups is 1. The Morgan fingerprint density at radius 1 is 1.58 bits per heavy atom. The maximum Gasteiger partial charge on any atom is 0.166 e. The molecule has 12 heavy (non-hydrogen) atoms. The van der Waals surface area contributed by atoms with E-state index in [4.69, 9.17) is 12.2 Å². The highest BCUT2D eigenvalue weighted by molar-refractivity contribution is 7.91. The Labute approximate surface area is 77.6 Å². The van der Waals surface area contributed by atoms with E-state index < -0.39 is 9.84 Å². The molecule has 0 spiro atoms. The molecule has 0 aromatic carbocycles. The van der Waals surface area contributed by atoms with E-state index >= 15 is 0 Å². The quantitative estimate of drug-likeness (QED) is 0.556. The van der Waals surface area contributed by atoms with Crippen LogP contribution < -0.4 is 10.6 Å². The average Bonchev–Trinajstić information content (AvgIpc) is 2.30.